The Balaban J connectivity index is 1.29. The number of rotatable bonds is 7. The molecular formula is C30H28N4O11. The molecule has 15 heteroatoms. The van der Waals surface area contributed by atoms with E-state index in [1.54, 1.807) is 14.0 Å². The summed E-state index contributed by atoms with van der Waals surface area (Å²) < 4.78 is 27.9. The number of nitro groups is 1. The van der Waals surface area contributed by atoms with Crippen LogP contribution in [0.1, 0.15) is 59.6 Å². The fourth-order valence-electron chi connectivity index (χ4n) is 7.85. The lowest BCUT2D eigenvalue weighted by Crippen LogP contribution is -2.57. The number of methoxy groups -OCH3 is 1. The van der Waals surface area contributed by atoms with Crippen LogP contribution in [0.3, 0.4) is 0 Å². The summed E-state index contributed by atoms with van der Waals surface area (Å²) in [6.45, 7) is 3.28. The van der Waals surface area contributed by atoms with E-state index in [4.69, 9.17) is 23.3 Å². The molecule has 5 atom stereocenters. The number of fused-ring (bicyclic) bond motifs is 4. The van der Waals surface area contributed by atoms with Gasteiger partial charge in [-0.3, -0.25) is 24.5 Å². The van der Waals surface area contributed by atoms with Crippen LogP contribution in [0.15, 0.2) is 38.6 Å². The molecule has 0 bridgehead atoms. The minimum absolute atomic E-state index is 0.0105. The molecule has 0 amide bonds. The summed E-state index contributed by atoms with van der Waals surface area (Å²) in [6.07, 6.45) is 0.132. The highest BCUT2D eigenvalue weighted by atomic mass is 16.6. The van der Waals surface area contributed by atoms with Gasteiger partial charge in [0.25, 0.3) is 0 Å². The Morgan fingerprint density at radius 1 is 1.20 bits per heavy atom. The number of esters is 2. The summed E-state index contributed by atoms with van der Waals surface area (Å²) in [7, 11) is 3.04. The number of cyclic esters (lactones) is 1. The van der Waals surface area contributed by atoms with Crippen molar-refractivity contribution in [3.63, 3.8) is 0 Å². The minimum Gasteiger partial charge on any atom is -0.460 e. The Morgan fingerprint density at radius 3 is 2.69 bits per heavy atom. The van der Waals surface area contributed by atoms with Gasteiger partial charge in [-0.1, -0.05) is 6.92 Å². The third kappa shape index (κ3) is 3.85. The second-order valence-electron chi connectivity index (χ2n) is 12.4. The molecule has 3 aromatic rings. The molecule has 1 aliphatic heterocycles. The third-order valence-electron chi connectivity index (χ3n) is 10.0. The predicted molar refractivity (Wildman–Crippen MR) is 151 cm³/mol. The van der Waals surface area contributed by atoms with E-state index in [1.807, 2.05) is 6.92 Å². The molecule has 0 N–H and O–H groups in total. The lowest BCUT2D eigenvalue weighted by Gasteiger charge is -2.51. The molecule has 1 saturated carbocycles. The summed E-state index contributed by atoms with van der Waals surface area (Å²) in [6, 6.07) is 2.67. The maximum Gasteiger partial charge on any atom is 0.342 e. The molecule has 0 spiro atoms. The van der Waals surface area contributed by atoms with Crippen molar-refractivity contribution in [3.8, 4) is 0 Å². The topological polar surface area (TPSA) is 194 Å². The number of nitro benzene ring substituents is 1. The first-order valence-corrected chi connectivity index (χ1v) is 14.4. The first-order chi connectivity index (χ1) is 21.4. The molecule has 3 aliphatic carbocycles. The molecule has 45 heavy (non-hydrogen) atoms. The van der Waals surface area contributed by atoms with Crippen LogP contribution in [0.25, 0.3) is 11.0 Å². The number of allylic oxidation sites excluding steroid dienone is 1. The van der Waals surface area contributed by atoms with E-state index in [-0.39, 0.29) is 59.8 Å². The Morgan fingerprint density at radius 2 is 1.96 bits per heavy atom. The number of aromatic nitrogens is 2. The van der Waals surface area contributed by atoms with Crippen LogP contribution in [-0.2, 0) is 29.2 Å². The first kappa shape index (κ1) is 28.8. The van der Waals surface area contributed by atoms with E-state index in [0.29, 0.717) is 28.8 Å². The maximum absolute atomic E-state index is 14.2. The second kappa shape index (κ2) is 9.79. The Kier molecular flexibility index (Phi) is 6.27. The Labute approximate surface area is 254 Å². The molecular weight excluding hydrogens is 592 g/mol. The van der Waals surface area contributed by atoms with Crippen LogP contribution in [0.4, 0.5) is 11.4 Å². The number of hydrogen-bond acceptors (Lipinski definition) is 14. The molecule has 234 valence electrons. The van der Waals surface area contributed by atoms with E-state index in [1.165, 1.54) is 30.4 Å². The van der Waals surface area contributed by atoms with Gasteiger partial charge in [-0.2, -0.15) is 0 Å². The molecule has 2 aromatic heterocycles. The Bertz CT molecular complexity index is 1870. The van der Waals surface area contributed by atoms with Crippen LogP contribution in [0, 0.1) is 21.4 Å². The van der Waals surface area contributed by atoms with Crippen molar-refractivity contribution in [2.45, 2.75) is 50.7 Å². The molecule has 4 aliphatic rings. The van der Waals surface area contributed by atoms with Crippen LogP contribution < -0.4 is 4.90 Å². The van der Waals surface area contributed by atoms with Gasteiger partial charge in [0.2, 0.25) is 11.3 Å². The predicted octanol–water partition coefficient (Wildman–Crippen LogP) is 3.10. The van der Waals surface area contributed by atoms with Gasteiger partial charge in [-0.25, -0.2) is 9.42 Å². The summed E-state index contributed by atoms with van der Waals surface area (Å²) in [5.41, 5.74) is -0.790. The monoisotopic (exact) mass is 620 g/mol. The lowest BCUT2D eigenvalue weighted by molar-refractivity contribution is -0.383. The molecule has 15 nitrogen and oxygen atoms in total. The third-order valence-corrected chi connectivity index (χ3v) is 10.0. The molecule has 3 heterocycles. The zero-order chi connectivity index (χ0) is 32.0. The van der Waals surface area contributed by atoms with Crippen molar-refractivity contribution in [1.29, 1.82) is 0 Å². The van der Waals surface area contributed by atoms with E-state index in [9.17, 15) is 29.3 Å². The first-order valence-electron chi connectivity index (χ1n) is 14.4. The van der Waals surface area contributed by atoms with Gasteiger partial charge in [-0.05, 0) is 35.3 Å². The molecule has 0 radical (unpaired) electrons. The number of benzene rings is 1. The zero-order valence-corrected chi connectivity index (χ0v) is 24.8. The molecule has 5 unspecified atom stereocenters. The number of non-ortho nitro benzene ring substituents is 1. The number of likely N-dealkylation sites (N-methyl/N-ethyl adjacent to an activating group) is 1. The molecule has 0 saturated heterocycles. The van der Waals surface area contributed by atoms with Crippen molar-refractivity contribution < 1.29 is 47.4 Å². The number of ether oxygens (including phenoxy) is 3. The minimum atomic E-state index is -1.16. The second-order valence-corrected chi connectivity index (χ2v) is 12.4. The molecule has 7 rings (SSSR count). The zero-order valence-electron chi connectivity index (χ0n) is 24.8. The van der Waals surface area contributed by atoms with Crippen molar-refractivity contribution >= 4 is 45.9 Å². The van der Waals surface area contributed by atoms with E-state index in [0.717, 1.165) is 0 Å². The number of Topliss-reactive ketones (excluding diaryl/α,β-unsaturated/α-hetero) is 2. The van der Waals surface area contributed by atoms with Crippen molar-refractivity contribution in [3.05, 3.63) is 56.5 Å². The van der Waals surface area contributed by atoms with Gasteiger partial charge in [0.15, 0.2) is 11.3 Å². The number of anilines is 1. The van der Waals surface area contributed by atoms with Gasteiger partial charge in [0.1, 0.15) is 36.4 Å². The average molecular weight is 621 g/mol. The quantitative estimate of drug-likeness (QED) is 0.212. The molecule has 1 fully saturated rings. The number of ketones is 2. The van der Waals surface area contributed by atoms with Crippen molar-refractivity contribution in [2.24, 2.45) is 11.3 Å². The summed E-state index contributed by atoms with van der Waals surface area (Å²) >= 11 is 0. The standard InChI is InChI=1S/C30H28N4O11/c1-29-9-17(43-20(36)10-33(3)15-6-7-16(34(39)40)25-24(15)31-45-32-25)23-21(14(29)5-8-18(29)35)26(37)27-22-13(11-42-27)28(38)44-19(12-41-4)30(22,23)2/h6-7,11,14,17,19H,5,8-10,12H2,1-4H3. The summed E-state index contributed by atoms with van der Waals surface area (Å²) in [4.78, 5) is 66.4. The number of carbonyl (C=O) groups excluding carboxylic acids is 4. The highest BCUT2D eigenvalue weighted by Gasteiger charge is 2.64. The number of hydrogen-bond donors (Lipinski definition) is 0. The smallest absolute Gasteiger partial charge is 0.342 e. The average Bonchev–Trinajstić information content (AvgIpc) is 3.72. The highest BCUT2D eigenvalue weighted by molar-refractivity contribution is 6.14. The van der Waals surface area contributed by atoms with Gasteiger partial charge in [0.05, 0.1) is 22.6 Å². The number of carbonyl (C=O) groups is 4. The van der Waals surface area contributed by atoms with Gasteiger partial charge < -0.3 is 23.5 Å². The lowest BCUT2D eigenvalue weighted by atomic mass is 9.54. The van der Waals surface area contributed by atoms with E-state index >= 15 is 0 Å². The fourth-order valence-corrected chi connectivity index (χ4v) is 7.85. The van der Waals surface area contributed by atoms with Crippen molar-refractivity contribution in [2.75, 3.05) is 32.2 Å². The summed E-state index contributed by atoms with van der Waals surface area (Å²) in [5.74, 6) is -2.25. The van der Waals surface area contributed by atoms with Crippen molar-refractivity contribution in [1.82, 2.24) is 10.3 Å². The Hall–Kier alpha value is -4.92. The van der Waals surface area contributed by atoms with E-state index in [2.05, 4.69) is 10.3 Å². The van der Waals surface area contributed by atoms with Crippen LogP contribution in [0.2, 0.25) is 0 Å². The van der Waals surface area contributed by atoms with Gasteiger partial charge >= 0.3 is 17.6 Å². The normalized spacial score (nSPS) is 28.4. The van der Waals surface area contributed by atoms with Crippen LogP contribution >= 0.6 is 0 Å². The van der Waals surface area contributed by atoms with Crippen LogP contribution in [0.5, 0.6) is 0 Å². The largest absolute Gasteiger partial charge is 0.460 e. The van der Waals surface area contributed by atoms with Gasteiger partial charge in [-0.15, -0.1) is 0 Å². The SMILES string of the molecule is COCC1OC(=O)c2coc3c2C1(C)C1=C(C3=O)C2CCC(=O)C2(C)CC1OC(=O)CN(C)c1ccc([N+](=O)[O-])c2nonc12. The maximum atomic E-state index is 14.2. The van der Waals surface area contributed by atoms with Gasteiger partial charge in [0, 0.05) is 55.5 Å². The summed E-state index contributed by atoms with van der Waals surface area (Å²) in [5, 5.41) is 18.8. The number of furan rings is 1. The van der Waals surface area contributed by atoms with E-state index < -0.39 is 51.6 Å². The number of nitrogens with zero attached hydrogens (tertiary/aromatic N) is 4. The van der Waals surface area contributed by atoms with Crippen LogP contribution in [-0.4, -0.2) is 78.3 Å². The highest BCUT2D eigenvalue weighted by Crippen LogP contribution is 2.61. The fraction of sp³-hybridized carbons (Fsp3) is 0.467. The molecule has 1 aromatic carbocycles.